The molecule has 0 aliphatic carbocycles. The SMILES string of the molecule is CC(C)=CCC/C(C)=C/CNc1ncnc(N2CCN(c3ccccn3)CC2)c1[N+](=O)[O-]. The van der Waals surface area contributed by atoms with Crippen molar-refractivity contribution in [1.29, 1.82) is 0 Å². The molecule has 9 nitrogen and oxygen atoms in total. The van der Waals surface area contributed by atoms with E-state index in [4.69, 9.17) is 0 Å². The van der Waals surface area contributed by atoms with Crippen molar-refractivity contribution in [3.63, 3.8) is 0 Å². The number of anilines is 3. The minimum Gasteiger partial charge on any atom is -0.361 e. The normalized spacial score (nSPS) is 14.3. The third-order valence-corrected chi connectivity index (χ3v) is 5.35. The zero-order valence-electron chi connectivity index (χ0n) is 19.0. The summed E-state index contributed by atoms with van der Waals surface area (Å²) in [5, 5.41) is 15.0. The first-order valence-corrected chi connectivity index (χ1v) is 10.9. The minimum atomic E-state index is -0.395. The molecule has 32 heavy (non-hydrogen) atoms. The quantitative estimate of drug-likeness (QED) is 0.354. The van der Waals surface area contributed by atoms with Crippen molar-refractivity contribution < 1.29 is 4.92 Å². The van der Waals surface area contributed by atoms with Crippen LogP contribution in [0.15, 0.2) is 54.0 Å². The Morgan fingerprint density at radius 2 is 1.84 bits per heavy atom. The van der Waals surface area contributed by atoms with Crippen molar-refractivity contribution in [2.24, 2.45) is 0 Å². The number of piperazine rings is 1. The van der Waals surface area contributed by atoms with E-state index in [-0.39, 0.29) is 11.5 Å². The second kappa shape index (κ2) is 11.2. The molecule has 3 rings (SSSR count). The van der Waals surface area contributed by atoms with Crippen molar-refractivity contribution in [2.45, 2.75) is 33.6 Å². The highest BCUT2D eigenvalue weighted by molar-refractivity contribution is 5.70. The minimum absolute atomic E-state index is 0.0746. The summed E-state index contributed by atoms with van der Waals surface area (Å²) in [6.45, 7) is 9.40. The molecule has 9 heteroatoms. The summed E-state index contributed by atoms with van der Waals surface area (Å²) in [7, 11) is 0. The molecule has 1 aliphatic heterocycles. The summed E-state index contributed by atoms with van der Waals surface area (Å²) in [5.74, 6) is 1.52. The first-order valence-electron chi connectivity index (χ1n) is 10.9. The van der Waals surface area contributed by atoms with Gasteiger partial charge in [0.15, 0.2) is 0 Å². The Morgan fingerprint density at radius 1 is 1.09 bits per heavy atom. The standard InChI is InChI=1S/C23H31N7O2/c1-18(2)7-6-8-19(3)10-12-25-22-21(30(31)32)23(27-17-26-22)29-15-13-28(14-16-29)20-9-4-5-11-24-20/h4-5,7,9-11,17H,6,8,12-16H2,1-3H3,(H,25,26,27)/b19-10+. The van der Waals surface area contributed by atoms with E-state index in [1.165, 1.54) is 17.5 Å². The van der Waals surface area contributed by atoms with Gasteiger partial charge >= 0.3 is 5.69 Å². The Morgan fingerprint density at radius 3 is 2.50 bits per heavy atom. The molecule has 0 aromatic carbocycles. The van der Waals surface area contributed by atoms with Crippen LogP contribution in [-0.4, -0.2) is 52.6 Å². The molecule has 0 bridgehead atoms. The van der Waals surface area contributed by atoms with Gasteiger partial charge in [0, 0.05) is 38.9 Å². The van der Waals surface area contributed by atoms with Crippen LogP contribution in [0.2, 0.25) is 0 Å². The second-order valence-corrected chi connectivity index (χ2v) is 8.07. The molecule has 1 saturated heterocycles. The van der Waals surface area contributed by atoms with Crippen LogP contribution < -0.4 is 15.1 Å². The van der Waals surface area contributed by atoms with Gasteiger partial charge in [0.05, 0.1) is 4.92 Å². The summed E-state index contributed by atoms with van der Waals surface area (Å²) in [6.07, 6.45) is 9.38. The topological polar surface area (TPSA) is 100 Å². The van der Waals surface area contributed by atoms with Crippen molar-refractivity contribution >= 4 is 23.1 Å². The predicted molar refractivity (Wildman–Crippen MR) is 128 cm³/mol. The van der Waals surface area contributed by atoms with E-state index in [1.54, 1.807) is 6.20 Å². The lowest BCUT2D eigenvalue weighted by molar-refractivity contribution is -0.383. The molecule has 0 unspecified atom stereocenters. The van der Waals surface area contributed by atoms with Gasteiger partial charge in [0.1, 0.15) is 12.1 Å². The first kappa shape index (κ1) is 23.2. The number of rotatable bonds is 9. The molecule has 0 radical (unpaired) electrons. The average molecular weight is 438 g/mol. The summed E-state index contributed by atoms with van der Waals surface area (Å²) < 4.78 is 0. The Kier molecular flexibility index (Phi) is 8.13. The number of hydrogen-bond donors (Lipinski definition) is 1. The molecular formula is C23H31N7O2. The summed E-state index contributed by atoms with van der Waals surface area (Å²) in [5.41, 5.74) is 2.47. The number of hydrogen-bond acceptors (Lipinski definition) is 8. The molecule has 0 saturated carbocycles. The largest absolute Gasteiger partial charge is 0.361 e. The molecule has 0 spiro atoms. The number of pyridine rings is 1. The summed E-state index contributed by atoms with van der Waals surface area (Å²) >= 11 is 0. The molecule has 1 aliphatic rings. The maximum atomic E-state index is 11.9. The Bertz CT molecular complexity index is 964. The van der Waals surface area contributed by atoms with Gasteiger partial charge in [0.2, 0.25) is 11.6 Å². The van der Waals surface area contributed by atoms with Gasteiger partial charge in [-0.15, -0.1) is 0 Å². The number of nitrogens with one attached hydrogen (secondary N) is 1. The fraction of sp³-hybridized carbons (Fsp3) is 0.435. The summed E-state index contributed by atoms with van der Waals surface area (Å²) in [4.78, 5) is 28.4. The highest BCUT2D eigenvalue weighted by Gasteiger charge is 2.29. The van der Waals surface area contributed by atoms with Crippen molar-refractivity contribution in [3.8, 4) is 0 Å². The molecule has 0 amide bonds. The van der Waals surface area contributed by atoms with Crippen LogP contribution in [0.25, 0.3) is 0 Å². The third-order valence-electron chi connectivity index (χ3n) is 5.35. The van der Waals surface area contributed by atoms with Crippen molar-refractivity contribution in [1.82, 2.24) is 15.0 Å². The highest BCUT2D eigenvalue weighted by Crippen LogP contribution is 2.32. The van der Waals surface area contributed by atoms with Crippen LogP contribution in [0.5, 0.6) is 0 Å². The second-order valence-electron chi connectivity index (χ2n) is 8.07. The first-order chi connectivity index (χ1) is 15.5. The molecule has 1 fully saturated rings. The predicted octanol–water partition coefficient (Wildman–Crippen LogP) is 4.21. The van der Waals surface area contributed by atoms with Crippen molar-refractivity contribution in [2.75, 3.05) is 47.8 Å². The zero-order valence-corrected chi connectivity index (χ0v) is 19.0. The highest BCUT2D eigenvalue weighted by atomic mass is 16.6. The lowest BCUT2D eigenvalue weighted by Crippen LogP contribution is -2.47. The van der Waals surface area contributed by atoms with Gasteiger partial charge < -0.3 is 15.1 Å². The zero-order chi connectivity index (χ0) is 22.9. The molecular weight excluding hydrogens is 406 g/mol. The number of nitrogens with zero attached hydrogens (tertiary/aromatic N) is 6. The fourth-order valence-electron chi connectivity index (χ4n) is 3.60. The van der Waals surface area contributed by atoms with E-state index in [1.807, 2.05) is 23.1 Å². The van der Waals surface area contributed by atoms with E-state index in [0.717, 1.165) is 18.7 Å². The maximum Gasteiger partial charge on any atom is 0.353 e. The molecule has 0 atom stereocenters. The van der Waals surface area contributed by atoms with E-state index in [2.05, 4.69) is 58.1 Å². The van der Waals surface area contributed by atoms with E-state index < -0.39 is 4.92 Å². The molecule has 1 N–H and O–H groups in total. The molecule has 2 aromatic rings. The van der Waals surface area contributed by atoms with Crippen LogP contribution in [0, 0.1) is 10.1 Å². The van der Waals surface area contributed by atoms with Crippen LogP contribution in [0.3, 0.4) is 0 Å². The Hall–Kier alpha value is -3.49. The molecule has 3 heterocycles. The summed E-state index contributed by atoms with van der Waals surface area (Å²) in [6, 6.07) is 5.82. The maximum absolute atomic E-state index is 11.9. The van der Waals surface area contributed by atoms with Gasteiger partial charge in [-0.25, -0.2) is 15.0 Å². The van der Waals surface area contributed by atoms with Gasteiger partial charge in [-0.1, -0.05) is 29.4 Å². The van der Waals surface area contributed by atoms with Crippen molar-refractivity contribution in [3.05, 3.63) is 64.1 Å². The Labute approximate surface area is 189 Å². The van der Waals surface area contributed by atoms with Gasteiger partial charge in [-0.05, 0) is 45.7 Å². The van der Waals surface area contributed by atoms with Gasteiger partial charge in [-0.3, -0.25) is 10.1 Å². The van der Waals surface area contributed by atoms with Crippen LogP contribution >= 0.6 is 0 Å². The number of allylic oxidation sites excluding steroid dienone is 3. The number of aromatic nitrogens is 3. The Balaban J connectivity index is 1.66. The molecule has 2 aromatic heterocycles. The van der Waals surface area contributed by atoms with E-state index >= 15 is 0 Å². The van der Waals surface area contributed by atoms with Gasteiger partial charge in [-0.2, -0.15) is 0 Å². The number of nitro groups is 1. The smallest absolute Gasteiger partial charge is 0.353 e. The third kappa shape index (κ3) is 6.26. The monoisotopic (exact) mass is 437 g/mol. The van der Waals surface area contributed by atoms with Gasteiger partial charge in [0.25, 0.3) is 0 Å². The van der Waals surface area contributed by atoms with Crippen LogP contribution in [-0.2, 0) is 0 Å². The van der Waals surface area contributed by atoms with E-state index in [0.29, 0.717) is 38.5 Å². The van der Waals surface area contributed by atoms with Crippen LogP contribution in [0.1, 0.15) is 33.6 Å². The van der Waals surface area contributed by atoms with Crippen LogP contribution in [0.4, 0.5) is 23.1 Å². The van der Waals surface area contributed by atoms with E-state index in [9.17, 15) is 10.1 Å². The average Bonchev–Trinajstić information content (AvgIpc) is 2.79. The lowest BCUT2D eigenvalue weighted by Gasteiger charge is -2.35. The lowest BCUT2D eigenvalue weighted by atomic mass is 10.1. The molecule has 170 valence electrons. The fourth-order valence-corrected chi connectivity index (χ4v) is 3.60.